The first-order valence-corrected chi connectivity index (χ1v) is 8.71. The SMILES string of the molecule is COc1ccccc1NC(=O)c1ccc(NC(=O)COC(=O)c2ccc[nH]2)cc1. The second-order valence-electron chi connectivity index (χ2n) is 5.94. The van der Waals surface area contributed by atoms with Gasteiger partial charge in [0.2, 0.25) is 0 Å². The number of benzene rings is 2. The van der Waals surface area contributed by atoms with E-state index < -0.39 is 18.5 Å². The van der Waals surface area contributed by atoms with Gasteiger partial charge in [-0.15, -0.1) is 0 Å². The average Bonchev–Trinajstić information content (AvgIpc) is 3.28. The maximum atomic E-state index is 12.4. The number of aromatic amines is 1. The molecule has 8 nitrogen and oxygen atoms in total. The molecule has 0 unspecified atom stereocenters. The number of H-pyrrole nitrogens is 1. The maximum absolute atomic E-state index is 12.4. The fraction of sp³-hybridized carbons (Fsp3) is 0.0952. The molecule has 1 heterocycles. The molecule has 29 heavy (non-hydrogen) atoms. The van der Waals surface area contributed by atoms with Crippen molar-refractivity contribution in [1.82, 2.24) is 4.98 Å². The molecule has 0 saturated heterocycles. The number of carbonyl (C=O) groups excluding carboxylic acids is 3. The summed E-state index contributed by atoms with van der Waals surface area (Å²) in [4.78, 5) is 38.7. The molecule has 2 aromatic carbocycles. The minimum Gasteiger partial charge on any atom is -0.495 e. The summed E-state index contributed by atoms with van der Waals surface area (Å²) in [6.45, 7) is -0.423. The van der Waals surface area contributed by atoms with Gasteiger partial charge < -0.3 is 25.1 Å². The number of anilines is 2. The highest BCUT2D eigenvalue weighted by molar-refractivity contribution is 6.05. The molecular formula is C21H19N3O5. The maximum Gasteiger partial charge on any atom is 0.355 e. The highest BCUT2D eigenvalue weighted by atomic mass is 16.5. The summed E-state index contributed by atoms with van der Waals surface area (Å²) in [5.74, 6) is -0.865. The number of rotatable bonds is 7. The van der Waals surface area contributed by atoms with E-state index in [1.165, 1.54) is 7.11 Å². The van der Waals surface area contributed by atoms with Crippen LogP contribution >= 0.6 is 0 Å². The molecule has 148 valence electrons. The van der Waals surface area contributed by atoms with Crippen LogP contribution in [0, 0.1) is 0 Å². The van der Waals surface area contributed by atoms with Crippen LogP contribution in [0.3, 0.4) is 0 Å². The summed E-state index contributed by atoms with van der Waals surface area (Å²) in [5.41, 5.74) is 1.70. The molecule has 0 bridgehead atoms. The van der Waals surface area contributed by atoms with Crippen LogP contribution in [0.15, 0.2) is 66.9 Å². The Morgan fingerprint density at radius 2 is 1.69 bits per heavy atom. The van der Waals surface area contributed by atoms with Gasteiger partial charge in [-0.05, 0) is 48.5 Å². The third-order valence-electron chi connectivity index (χ3n) is 3.94. The molecular weight excluding hydrogens is 374 g/mol. The standard InChI is InChI=1S/C21H19N3O5/c1-28-18-7-3-2-5-16(18)24-20(26)14-8-10-15(11-9-14)23-19(25)13-29-21(27)17-6-4-12-22-17/h2-12,22H,13H2,1H3,(H,23,25)(H,24,26). The number of hydrogen-bond acceptors (Lipinski definition) is 5. The van der Waals surface area contributed by atoms with E-state index in [-0.39, 0.29) is 11.6 Å². The van der Waals surface area contributed by atoms with Crippen LogP contribution < -0.4 is 15.4 Å². The van der Waals surface area contributed by atoms with Gasteiger partial charge in [-0.25, -0.2) is 4.79 Å². The quantitative estimate of drug-likeness (QED) is 0.535. The largest absolute Gasteiger partial charge is 0.495 e. The lowest BCUT2D eigenvalue weighted by Crippen LogP contribution is -2.21. The topological polar surface area (TPSA) is 110 Å². The normalized spacial score (nSPS) is 10.1. The lowest BCUT2D eigenvalue weighted by molar-refractivity contribution is -0.119. The van der Waals surface area contributed by atoms with Gasteiger partial charge in [0.1, 0.15) is 11.4 Å². The molecule has 0 aliphatic carbocycles. The number of hydrogen-bond donors (Lipinski definition) is 3. The van der Waals surface area contributed by atoms with E-state index in [9.17, 15) is 14.4 Å². The molecule has 0 radical (unpaired) electrons. The summed E-state index contributed by atoms with van der Waals surface area (Å²) in [6, 6.07) is 16.6. The van der Waals surface area contributed by atoms with Crippen LogP contribution in [0.25, 0.3) is 0 Å². The monoisotopic (exact) mass is 393 g/mol. The first kappa shape index (κ1) is 19.7. The van der Waals surface area contributed by atoms with Gasteiger partial charge in [-0.1, -0.05) is 12.1 Å². The molecule has 3 aromatic rings. The van der Waals surface area contributed by atoms with Gasteiger partial charge in [-0.3, -0.25) is 9.59 Å². The number of amides is 2. The smallest absolute Gasteiger partial charge is 0.355 e. The van der Waals surface area contributed by atoms with Crippen molar-refractivity contribution >= 4 is 29.2 Å². The fourth-order valence-corrected chi connectivity index (χ4v) is 2.51. The van der Waals surface area contributed by atoms with Crippen LogP contribution in [0.2, 0.25) is 0 Å². The van der Waals surface area contributed by atoms with Gasteiger partial charge >= 0.3 is 5.97 Å². The third kappa shape index (κ3) is 5.23. The molecule has 0 spiro atoms. The zero-order chi connectivity index (χ0) is 20.6. The minimum absolute atomic E-state index is 0.267. The third-order valence-corrected chi connectivity index (χ3v) is 3.94. The Morgan fingerprint density at radius 1 is 0.931 bits per heavy atom. The van der Waals surface area contributed by atoms with Crippen molar-refractivity contribution in [2.45, 2.75) is 0 Å². The van der Waals surface area contributed by atoms with E-state index in [2.05, 4.69) is 15.6 Å². The molecule has 2 amide bonds. The van der Waals surface area contributed by atoms with Crippen molar-refractivity contribution in [1.29, 1.82) is 0 Å². The summed E-state index contributed by atoms with van der Waals surface area (Å²) < 4.78 is 10.1. The number of aromatic nitrogens is 1. The van der Waals surface area contributed by atoms with Gasteiger partial charge in [0.15, 0.2) is 6.61 Å². The zero-order valence-corrected chi connectivity index (χ0v) is 15.6. The van der Waals surface area contributed by atoms with E-state index in [4.69, 9.17) is 9.47 Å². The van der Waals surface area contributed by atoms with Crippen LogP contribution in [0.5, 0.6) is 5.75 Å². The summed E-state index contributed by atoms with van der Waals surface area (Å²) >= 11 is 0. The molecule has 0 aliphatic heterocycles. The zero-order valence-electron chi connectivity index (χ0n) is 15.6. The van der Waals surface area contributed by atoms with E-state index >= 15 is 0 Å². The number of methoxy groups -OCH3 is 1. The molecule has 3 N–H and O–H groups in total. The Bertz CT molecular complexity index is 997. The fourth-order valence-electron chi connectivity index (χ4n) is 2.51. The Kier molecular flexibility index (Phi) is 6.26. The van der Waals surface area contributed by atoms with E-state index in [1.807, 2.05) is 0 Å². The van der Waals surface area contributed by atoms with Crippen molar-refractivity contribution < 1.29 is 23.9 Å². The molecule has 0 atom stereocenters. The van der Waals surface area contributed by atoms with E-state index in [0.29, 0.717) is 22.7 Å². The molecule has 0 saturated carbocycles. The number of carbonyl (C=O) groups is 3. The second-order valence-corrected chi connectivity index (χ2v) is 5.94. The Morgan fingerprint density at radius 3 is 2.38 bits per heavy atom. The first-order valence-electron chi connectivity index (χ1n) is 8.71. The molecule has 1 aromatic heterocycles. The van der Waals surface area contributed by atoms with Gasteiger partial charge in [0.25, 0.3) is 11.8 Å². The van der Waals surface area contributed by atoms with Crippen LogP contribution in [0.4, 0.5) is 11.4 Å². The lowest BCUT2D eigenvalue weighted by atomic mass is 10.2. The van der Waals surface area contributed by atoms with Gasteiger partial charge in [-0.2, -0.15) is 0 Å². The van der Waals surface area contributed by atoms with Crippen molar-refractivity contribution in [2.24, 2.45) is 0 Å². The number of esters is 1. The van der Waals surface area contributed by atoms with Crippen molar-refractivity contribution in [3.8, 4) is 5.75 Å². The van der Waals surface area contributed by atoms with Gasteiger partial charge in [0.05, 0.1) is 12.8 Å². The minimum atomic E-state index is -0.617. The van der Waals surface area contributed by atoms with E-state index in [0.717, 1.165) is 0 Å². The lowest BCUT2D eigenvalue weighted by Gasteiger charge is -2.10. The summed E-state index contributed by atoms with van der Waals surface area (Å²) in [5, 5.41) is 5.37. The Labute approximate surface area is 166 Å². The number of para-hydroxylation sites is 2. The number of ether oxygens (including phenoxy) is 2. The molecule has 0 fully saturated rings. The van der Waals surface area contributed by atoms with Crippen molar-refractivity contribution in [3.63, 3.8) is 0 Å². The number of nitrogens with one attached hydrogen (secondary N) is 3. The summed E-state index contributed by atoms with van der Waals surface area (Å²) in [6.07, 6.45) is 1.59. The van der Waals surface area contributed by atoms with E-state index in [1.54, 1.807) is 66.9 Å². The Hall–Kier alpha value is -4.07. The predicted molar refractivity (Wildman–Crippen MR) is 107 cm³/mol. The average molecular weight is 393 g/mol. The molecule has 3 rings (SSSR count). The van der Waals surface area contributed by atoms with Crippen molar-refractivity contribution in [3.05, 3.63) is 78.1 Å². The highest BCUT2D eigenvalue weighted by Crippen LogP contribution is 2.23. The molecule has 0 aliphatic rings. The first-order chi connectivity index (χ1) is 14.1. The highest BCUT2D eigenvalue weighted by Gasteiger charge is 2.12. The second kappa shape index (κ2) is 9.23. The molecule has 8 heteroatoms. The Balaban J connectivity index is 1.53. The van der Waals surface area contributed by atoms with Crippen LogP contribution in [0.1, 0.15) is 20.8 Å². The predicted octanol–water partition coefficient (Wildman–Crippen LogP) is 3.07. The van der Waals surface area contributed by atoms with Crippen molar-refractivity contribution in [2.75, 3.05) is 24.4 Å². The van der Waals surface area contributed by atoms with Crippen LogP contribution in [-0.4, -0.2) is 36.5 Å². The van der Waals surface area contributed by atoms with Gasteiger partial charge in [0, 0.05) is 17.4 Å². The summed E-state index contributed by atoms with van der Waals surface area (Å²) in [7, 11) is 1.53. The van der Waals surface area contributed by atoms with Crippen LogP contribution in [-0.2, 0) is 9.53 Å².